The van der Waals surface area contributed by atoms with Crippen molar-refractivity contribution < 1.29 is 28.3 Å². The molecule has 2 atom stereocenters. The minimum atomic E-state index is -2.58. The van der Waals surface area contributed by atoms with Crippen molar-refractivity contribution in [3.05, 3.63) is 34.9 Å². The van der Waals surface area contributed by atoms with Crippen LogP contribution in [-0.2, 0) is 14.4 Å². The molecule has 4 fully saturated rings. The van der Waals surface area contributed by atoms with Gasteiger partial charge in [0.05, 0.1) is 12.0 Å². The molecule has 2 aliphatic carbocycles. The third-order valence-electron chi connectivity index (χ3n) is 10.2. The maximum absolute atomic E-state index is 12.9. The predicted octanol–water partition coefficient (Wildman–Crippen LogP) is 9.57. The molecular formula is C43H77ClF2N4O4. The summed E-state index contributed by atoms with van der Waals surface area (Å²) in [6, 6.07) is 9.13. The Morgan fingerprint density at radius 3 is 2.00 bits per heavy atom. The number of halogens is 3. The van der Waals surface area contributed by atoms with Crippen LogP contribution in [0, 0.1) is 11.3 Å². The molecule has 0 radical (unpaired) electrons. The standard InChI is InChI=1S/C13H16ClN.C11H19F2NO2.C10H21NO.C5H9NO.2C2H6/c14-12-3-1-10(2-4-12)11-7-8-15(9-11)13-5-6-13;1-10(2,7-15)9(16)14-8-3-5-11(12,13)6-4-8;1-4-7-11(9-12)8-6-10(3)5-2;7-5-6-3-1-2-4-6;2*1-2/h1-4,11,13H,5-9H2;8,15H,3-7H2,1-2H3,(H,14,16);9-10H,4-8H2,1-3H3;5H,1-4H2;2*1-2H3. The van der Waals surface area contributed by atoms with Gasteiger partial charge < -0.3 is 20.2 Å². The Labute approximate surface area is 333 Å². The minimum Gasteiger partial charge on any atom is -0.395 e. The zero-order chi connectivity index (χ0) is 41.2. The molecule has 2 saturated carbocycles. The number of hydrogen-bond donors (Lipinski definition) is 2. The number of carbonyl (C=O) groups excluding carboxylic acids is 3. The van der Waals surface area contributed by atoms with Gasteiger partial charge in [0.15, 0.2) is 0 Å². The second kappa shape index (κ2) is 29.0. The molecule has 54 heavy (non-hydrogen) atoms. The Bertz CT molecular complexity index is 1110. The quantitative estimate of drug-likeness (QED) is 0.195. The van der Waals surface area contributed by atoms with E-state index in [2.05, 4.69) is 43.1 Å². The molecule has 2 N–H and O–H groups in total. The molecule has 2 heterocycles. The van der Waals surface area contributed by atoms with E-state index < -0.39 is 11.3 Å². The number of rotatable bonds is 13. The monoisotopic (exact) mass is 787 g/mol. The molecule has 0 bridgehead atoms. The molecule has 3 amide bonds. The maximum atomic E-state index is 12.9. The largest absolute Gasteiger partial charge is 0.395 e. The van der Waals surface area contributed by atoms with Crippen LogP contribution in [0.25, 0.3) is 0 Å². The summed E-state index contributed by atoms with van der Waals surface area (Å²) in [5, 5.41) is 12.6. The molecule has 2 unspecified atom stereocenters. The number of aliphatic hydroxyl groups is 1. The normalized spacial score (nSPS) is 19.6. The highest BCUT2D eigenvalue weighted by molar-refractivity contribution is 6.30. The molecule has 1 aromatic carbocycles. The molecule has 8 nitrogen and oxygen atoms in total. The Morgan fingerprint density at radius 1 is 0.981 bits per heavy atom. The molecule has 5 rings (SSSR count). The van der Waals surface area contributed by atoms with Crippen LogP contribution in [0.1, 0.15) is 151 Å². The third kappa shape index (κ3) is 21.7. The first-order valence-electron chi connectivity index (χ1n) is 20.9. The second-order valence-corrected chi connectivity index (χ2v) is 15.6. The van der Waals surface area contributed by atoms with Crippen LogP contribution in [0.15, 0.2) is 24.3 Å². The Hall–Kier alpha value is -2.30. The number of aliphatic hydroxyl groups excluding tert-OH is 1. The summed E-state index contributed by atoms with van der Waals surface area (Å²) in [6.07, 6.45) is 12.1. The number of hydrogen-bond acceptors (Lipinski definition) is 5. The number of amides is 3. The zero-order valence-corrected chi connectivity index (χ0v) is 36.1. The van der Waals surface area contributed by atoms with Crippen molar-refractivity contribution in [2.24, 2.45) is 11.3 Å². The average Bonchev–Trinajstić information content (AvgIpc) is 3.66. The Kier molecular flexibility index (Phi) is 27.8. The van der Waals surface area contributed by atoms with Gasteiger partial charge in [-0.1, -0.05) is 78.6 Å². The molecule has 1 aromatic rings. The molecule has 314 valence electrons. The first kappa shape index (κ1) is 51.7. The summed E-state index contributed by atoms with van der Waals surface area (Å²) < 4.78 is 25.7. The zero-order valence-electron chi connectivity index (χ0n) is 35.4. The molecule has 4 aliphatic rings. The van der Waals surface area contributed by atoms with Crippen LogP contribution in [-0.4, -0.2) is 102 Å². The molecule has 11 heteroatoms. The van der Waals surface area contributed by atoms with Crippen molar-refractivity contribution in [3.8, 4) is 0 Å². The highest BCUT2D eigenvalue weighted by atomic mass is 35.5. The van der Waals surface area contributed by atoms with Gasteiger partial charge in [0, 0.05) is 62.7 Å². The fourth-order valence-corrected chi connectivity index (χ4v) is 6.27. The van der Waals surface area contributed by atoms with Crippen molar-refractivity contribution >= 4 is 30.3 Å². The number of alkyl halides is 2. The summed E-state index contributed by atoms with van der Waals surface area (Å²) in [7, 11) is 0. The van der Waals surface area contributed by atoms with Gasteiger partial charge >= 0.3 is 0 Å². The van der Waals surface area contributed by atoms with Gasteiger partial charge in [-0.15, -0.1) is 0 Å². The fraction of sp³-hybridized carbons (Fsp3) is 0.791. The summed E-state index contributed by atoms with van der Waals surface area (Å²) in [5.41, 5.74) is 0.613. The van der Waals surface area contributed by atoms with E-state index in [9.17, 15) is 23.2 Å². The summed E-state index contributed by atoms with van der Waals surface area (Å²) in [6.45, 7) is 23.8. The Balaban J connectivity index is 0.000000692. The lowest BCUT2D eigenvalue weighted by atomic mass is 9.89. The van der Waals surface area contributed by atoms with E-state index in [1.165, 1.54) is 57.2 Å². The number of benzene rings is 1. The maximum Gasteiger partial charge on any atom is 0.248 e. The van der Waals surface area contributed by atoms with Gasteiger partial charge in [-0.25, -0.2) is 8.78 Å². The van der Waals surface area contributed by atoms with Gasteiger partial charge in [-0.05, 0) is 108 Å². The van der Waals surface area contributed by atoms with Crippen LogP contribution in [0.2, 0.25) is 5.02 Å². The number of carbonyl (C=O) groups is 3. The van der Waals surface area contributed by atoms with Gasteiger partial charge in [0.1, 0.15) is 0 Å². The highest BCUT2D eigenvalue weighted by Gasteiger charge is 2.37. The molecular weight excluding hydrogens is 710 g/mol. The average molecular weight is 788 g/mol. The Morgan fingerprint density at radius 2 is 1.56 bits per heavy atom. The van der Waals surface area contributed by atoms with E-state index in [1.807, 2.05) is 44.7 Å². The highest BCUT2D eigenvalue weighted by Crippen LogP contribution is 2.36. The van der Waals surface area contributed by atoms with Gasteiger partial charge in [0.2, 0.25) is 24.6 Å². The van der Waals surface area contributed by atoms with E-state index in [-0.39, 0.29) is 31.4 Å². The second-order valence-electron chi connectivity index (χ2n) is 15.2. The van der Waals surface area contributed by atoms with Gasteiger partial charge in [-0.2, -0.15) is 0 Å². The van der Waals surface area contributed by atoms with E-state index in [1.54, 1.807) is 18.7 Å². The van der Waals surface area contributed by atoms with Crippen molar-refractivity contribution in [1.82, 2.24) is 20.0 Å². The van der Waals surface area contributed by atoms with Gasteiger partial charge in [-0.3, -0.25) is 19.3 Å². The van der Waals surface area contributed by atoms with Crippen LogP contribution in [0.3, 0.4) is 0 Å². The third-order valence-corrected chi connectivity index (χ3v) is 10.5. The minimum absolute atomic E-state index is 0.169. The van der Waals surface area contributed by atoms with Crippen molar-refractivity contribution in [1.29, 1.82) is 0 Å². The van der Waals surface area contributed by atoms with E-state index in [4.69, 9.17) is 16.7 Å². The first-order chi connectivity index (χ1) is 25.8. The van der Waals surface area contributed by atoms with E-state index in [0.717, 1.165) is 74.7 Å². The number of likely N-dealkylation sites (tertiary alicyclic amines) is 2. The van der Waals surface area contributed by atoms with Gasteiger partial charge in [0.25, 0.3) is 0 Å². The summed E-state index contributed by atoms with van der Waals surface area (Å²) in [4.78, 5) is 38.4. The number of nitrogens with one attached hydrogen (secondary N) is 1. The van der Waals surface area contributed by atoms with E-state index in [0.29, 0.717) is 12.8 Å². The predicted molar refractivity (Wildman–Crippen MR) is 221 cm³/mol. The molecule has 2 saturated heterocycles. The summed E-state index contributed by atoms with van der Waals surface area (Å²) >= 11 is 5.90. The lowest BCUT2D eigenvalue weighted by Gasteiger charge is -2.31. The van der Waals surface area contributed by atoms with E-state index >= 15 is 0 Å². The van der Waals surface area contributed by atoms with Crippen LogP contribution < -0.4 is 5.32 Å². The van der Waals surface area contributed by atoms with Crippen molar-refractivity contribution in [2.75, 3.05) is 45.9 Å². The lowest BCUT2D eigenvalue weighted by molar-refractivity contribution is -0.133. The molecule has 0 spiro atoms. The van der Waals surface area contributed by atoms with Crippen LogP contribution >= 0.6 is 11.6 Å². The van der Waals surface area contributed by atoms with Crippen LogP contribution in [0.5, 0.6) is 0 Å². The molecule has 0 aromatic heterocycles. The van der Waals surface area contributed by atoms with Crippen LogP contribution in [0.4, 0.5) is 8.78 Å². The lowest BCUT2D eigenvalue weighted by Crippen LogP contribution is -2.46. The molecule has 2 aliphatic heterocycles. The topological polar surface area (TPSA) is 93.2 Å². The van der Waals surface area contributed by atoms with Crippen molar-refractivity contribution in [3.63, 3.8) is 0 Å². The fourth-order valence-electron chi connectivity index (χ4n) is 6.14. The number of nitrogens with zero attached hydrogens (tertiary/aromatic N) is 3. The summed E-state index contributed by atoms with van der Waals surface area (Å²) in [5.74, 6) is -1.37. The SMILES string of the molecule is CC.CC.CC(C)(CO)C(=O)NC1CCC(F)(F)CC1.CCCN(C=O)CCC(C)CC.Clc1ccc(C2CCN(C3CC3)C2)cc1.O=CN1CCCC1. The van der Waals surface area contributed by atoms with Crippen molar-refractivity contribution in [2.45, 2.75) is 163 Å². The smallest absolute Gasteiger partial charge is 0.248 e. The first-order valence-corrected chi connectivity index (χ1v) is 21.3.